The second-order valence-electron chi connectivity index (χ2n) is 7.99. The molecule has 1 unspecified atom stereocenters. The molecule has 0 amide bonds. The fourth-order valence-corrected chi connectivity index (χ4v) is 5.48. The van der Waals surface area contributed by atoms with Crippen LogP contribution in [0.25, 0.3) is 0 Å². The molecule has 0 bridgehead atoms. The molecule has 1 atom stereocenters. The van der Waals surface area contributed by atoms with Gasteiger partial charge < -0.3 is 0 Å². The molecule has 0 spiro atoms. The Labute approximate surface area is 170 Å². The van der Waals surface area contributed by atoms with Crippen LogP contribution in [0.5, 0.6) is 0 Å². The zero-order valence-corrected chi connectivity index (χ0v) is 18.2. The van der Waals surface area contributed by atoms with Gasteiger partial charge in [-0.3, -0.25) is 4.31 Å². The molecule has 0 aromatic heterocycles. The summed E-state index contributed by atoms with van der Waals surface area (Å²) in [5.74, 6) is 0.257. The topological polar surface area (TPSA) is 37.4 Å². The minimum Gasteiger partial charge on any atom is -0.269 e. The van der Waals surface area contributed by atoms with Gasteiger partial charge in [-0.05, 0) is 55.9 Å². The number of rotatable bonds is 7. The van der Waals surface area contributed by atoms with E-state index < -0.39 is 10.0 Å². The van der Waals surface area contributed by atoms with Crippen molar-refractivity contribution in [3.05, 3.63) is 76.5 Å². The Balaban J connectivity index is 2.01. The first-order valence-electron chi connectivity index (χ1n) is 10.2. The highest BCUT2D eigenvalue weighted by Gasteiger charge is 2.36. The molecule has 4 heteroatoms. The van der Waals surface area contributed by atoms with E-state index in [0.29, 0.717) is 17.9 Å². The number of benzene rings is 2. The smallest absolute Gasteiger partial charge is 0.264 e. The standard InChI is InChI=1S/C24H31NO2S/c1-5-6-7-23-20(4)17-25(24(23)16-21-12-8-18(2)9-13-21)28(26,27)22-14-10-19(3)11-15-22/h8-15,20H,5-7,16-17H2,1-4H3. The van der Waals surface area contributed by atoms with Crippen LogP contribution in [-0.4, -0.2) is 19.3 Å². The lowest BCUT2D eigenvalue weighted by atomic mass is 9.95. The Morgan fingerprint density at radius 3 is 2.11 bits per heavy atom. The van der Waals surface area contributed by atoms with Crippen LogP contribution in [0.3, 0.4) is 0 Å². The maximum Gasteiger partial charge on any atom is 0.264 e. The molecule has 2 aromatic rings. The fraction of sp³-hybridized carbons (Fsp3) is 0.417. The van der Waals surface area contributed by atoms with Crippen molar-refractivity contribution in [1.82, 2.24) is 4.31 Å². The van der Waals surface area contributed by atoms with Crippen LogP contribution in [-0.2, 0) is 16.4 Å². The molecule has 1 aliphatic heterocycles. The van der Waals surface area contributed by atoms with Crippen molar-refractivity contribution < 1.29 is 8.42 Å². The van der Waals surface area contributed by atoms with E-state index >= 15 is 0 Å². The van der Waals surface area contributed by atoms with Gasteiger partial charge >= 0.3 is 0 Å². The normalized spacial score (nSPS) is 17.4. The third-order valence-electron chi connectivity index (χ3n) is 5.61. The van der Waals surface area contributed by atoms with Gasteiger partial charge in [-0.1, -0.05) is 67.8 Å². The van der Waals surface area contributed by atoms with Crippen LogP contribution >= 0.6 is 0 Å². The number of sulfonamides is 1. The van der Waals surface area contributed by atoms with Crippen LogP contribution < -0.4 is 0 Å². The second-order valence-corrected chi connectivity index (χ2v) is 9.85. The van der Waals surface area contributed by atoms with E-state index in [2.05, 4.69) is 45.0 Å². The first-order chi connectivity index (χ1) is 13.3. The summed E-state index contributed by atoms with van der Waals surface area (Å²) in [4.78, 5) is 0.378. The van der Waals surface area contributed by atoms with Gasteiger partial charge in [0.2, 0.25) is 0 Å². The summed E-state index contributed by atoms with van der Waals surface area (Å²) in [6.07, 6.45) is 3.84. The van der Waals surface area contributed by atoms with Crippen LogP contribution in [0.1, 0.15) is 49.8 Å². The molecule has 1 heterocycles. The Hall–Kier alpha value is -2.07. The van der Waals surface area contributed by atoms with Crippen molar-refractivity contribution in [1.29, 1.82) is 0 Å². The largest absolute Gasteiger partial charge is 0.269 e. The number of unbranched alkanes of at least 4 members (excludes halogenated alkanes) is 1. The van der Waals surface area contributed by atoms with Gasteiger partial charge in [0.25, 0.3) is 10.0 Å². The van der Waals surface area contributed by atoms with Gasteiger partial charge in [0, 0.05) is 18.7 Å². The molecule has 3 rings (SSSR count). The Morgan fingerprint density at radius 2 is 1.54 bits per heavy atom. The molecule has 0 fully saturated rings. The van der Waals surface area contributed by atoms with Gasteiger partial charge in [0.15, 0.2) is 0 Å². The van der Waals surface area contributed by atoms with Crippen molar-refractivity contribution in [3.63, 3.8) is 0 Å². The maximum absolute atomic E-state index is 13.5. The van der Waals surface area contributed by atoms with Crippen LogP contribution in [0, 0.1) is 19.8 Å². The average Bonchev–Trinajstić information content (AvgIpc) is 2.98. The summed E-state index contributed by atoms with van der Waals surface area (Å²) in [6, 6.07) is 15.6. The number of nitrogens with zero attached hydrogens (tertiary/aromatic N) is 1. The maximum atomic E-state index is 13.5. The minimum atomic E-state index is -3.55. The lowest BCUT2D eigenvalue weighted by molar-refractivity contribution is 0.468. The highest BCUT2D eigenvalue weighted by atomic mass is 32.2. The first-order valence-corrected chi connectivity index (χ1v) is 11.6. The molecule has 0 N–H and O–H groups in total. The number of aryl methyl sites for hydroxylation is 2. The lowest BCUT2D eigenvalue weighted by Gasteiger charge is -2.23. The molecule has 1 aliphatic rings. The highest BCUT2D eigenvalue weighted by Crippen LogP contribution is 2.37. The quantitative estimate of drug-likeness (QED) is 0.607. The van der Waals surface area contributed by atoms with E-state index in [1.165, 1.54) is 11.1 Å². The molecular formula is C24H31NO2S. The van der Waals surface area contributed by atoms with Crippen molar-refractivity contribution in [3.8, 4) is 0 Å². The molecule has 0 aliphatic carbocycles. The molecule has 28 heavy (non-hydrogen) atoms. The molecule has 3 nitrogen and oxygen atoms in total. The molecule has 0 radical (unpaired) electrons. The van der Waals surface area contributed by atoms with E-state index in [1.54, 1.807) is 16.4 Å². The molecule has 2 aromatic carbocycles. The average molecular weight is 398 g/mol. The highest BCUT2D eigenvalue weighted by molar-refractivity contribution is 7.89. The number of hydrogen-bond acceptors (Lipinski definition) is 2. The second kappa shape index (κ2) is 8.52. The van der Waals surface area contributed by atoms with E-state index in [9.17, 15) is 8.42 Å². The van der Waals surface area contributed by atoms with Gasteiger partial charge in [-0.15, -0.1) is 0 Å². The summed E-state index contributed by atoms with van der Waals surface area (Å²) < 4.78 is 28.6. The van der Waals surface area contributed by atoms with Gasteiger partial charge in [-0.25, -0.2) is 8.42 Å². The molecule has 0 saturated carbocycles. The summed E-state index contributed by atoms with van der Waals surface area (Å²) >= 11 is 0. The number of hydrogen-bond donors (Lipinski definition) is 0. The Morgan fingerprint density at radius 1 is 0.964 bits per heavy atom. The minimum absolute atomic E-state index is 0.257. The first kappa shape index (κ1) is 20.7. The fourth-order valence-electron chi connectivity index (χ4n) is 3.85. The van der Waals surface area contributed by atoms with Gasteiger partial charge in [-0.2, -0.15) is 0 Å². The Kier molecular flexibility index (Phi) is 6.29. The van der Waals surface area contributed by atoms with Crippen LogP contribution in [0.15, 0.2) is 64.7 Å². The van der Waals surface area contributed by atoms with Crippen molar-refractivity contribution >= 4 is 10.0 Å². The zero-order valence-electron chi connectivity index (χ0n) is 17.4. The van der Waals surface area contributed by atoms with Crippen LogP contribution in [0.4, 0.5) is 0 Å². The van der Waals surface area contributed by atoms with Crippen LogP contribution in [0.2, 0.25) is 0 Å². The zero-order chi connectivity index (χ0) is 20.3. The molecular weight excluding hydrogens is 366 g/mol. The lowest BCUT2D eigenvalue weighted by Crippen LogP contribution is -2.30. The third-order valence-corrected chi connectivity index (χ3v) is 7.42. The summed E-state index contributed by atoms with van der Waals surface area (Å²) in [5.41, 5.74) is 5.72. The predicted octanol–water partition coefficient (Wildman–Crippen LogP) is 5.63. The Bertz CT molecular complexity index is 941. The summed E-state index contributed by atoms with van der Waals surface area (Å²) in [6.45, 7) is 8.92. The molecule has 150 valence electrons. The monoisotopic (exact) mass is 397 g/mol. The van der Waals surface area contributed by atoms with Gasteiger partial charge in [0.05, 0.1) is 4.90 Å². The van der Waals surface area contributed by atoms with E-state index in [1.807, 2.05) is 19.1 Å². The third kappa shape index (κ3) is 4.33. The van der Waals surface area contributed by atoms with E-state index in [0.717, 1.165) is 36.1 Å². The van der Waals surface area contributed by atoms with Gasteiger partial charge in [0.1, 0.15) is 0 Å². The number of allylic oxidation sites excluding steroid dienone is 1. The summed E-state index contributed by atoms with van der Waals surface area (Å²) in [7, 11) is -3.55. The van der Waals surface area contributed by atoms with E-state index in [-0.39, 0.29) is 5.92 Å². The SMILES string of the molecule is CCCCC1=C(Cc2ccc(C)cc2)N(S(=O)(=O)c2ccc(C)cc2)CC1C. The summed E-state index contributed by atoms with van der Waals surface area (Å²) in [5, 5.41) is 0. The van der Waals surface area contributed by atoms with Crippen molar-refractivity contribution in [2.75, 3.05) is 6.54 Å². The predicted molar refractivity (Wildman–Crippen MR) is 116 cm³/mol. The van der Waals surface area contributed by atoms with Crippen molar-refractivity contribution in [2.45, 2.75) is 58.3 Å². The van der Waals surface area contributed by atoms with Crippen molar-refractivity contribution in [2.24, 2.45) is 5.92 Å². The van der Waals surface area contributed by atoms with E-state index in [4.69, 9.17) is 0 Å². The molecule has 0 saturated heterocycles.